The van der Waals surface area contributed by atoms with Crippen molar-refractivity contribution in [2.75, 3.05) is 0 Å². The summed E-state index contributed by atoms with van der Waals surface area (Å²) in [6.45, 7) is 0. The highest BCUT2D eigenvalue weighted by Gasteiger charge is 2.33. The van der Waals surface area contributed by atoms with Gasteiger partial charge in [-0.15, -0.1) is 0 Å². The van der Waals surface area contributed by atoms with Crippen LogP contribution in [0.3, 0.4) is 0 Å². The third-order valence-electron chi connectivity index (χ3n) is 6.29. The number of carboxylic acid groups (broad SMARTS) is 1. The van der Waals surface area contributed by atoms with Crippen molar-refractivity contribution in [3.05, 3.63) is 70.5 Å². The molecule has 0 saturated heterocycles. The SMILES string of the molecule is O=C(O)CCCc1ccc(C(F)(F)Cc2cc(F)ccc2C2CCCCCCC2)cc1. The summed E-state index contributed by atoms with van der Waals surface area (Å²) in [7, 11) is 0. The molecule has 5 heteroatoms. The summed E-state index contributed by atoms with van der Waals surface area (Å²) in [5.41, 5.74) is 2.01. The van der Waals surface area contributed by atoms with Gasteiger partial charge < -0.3 is 5.11 Å². The van der Waals surface area contributed by atoms with Crippen LogP contribution in [0.25, 0.3) is 0 Å². The lowest BCUT2D eigenvalue weighted by Crippen LogP contribution is -2.19. The van der Waals surface area contributed by atoms with Crippen LogP contribution in [-0.2, 0) is 23.6 Å². The molecule has 2 nitrogen and oxygen atoms in total. The summed E-state index contributed by atoms with van der Waals surface area (Å²) in [6, 6.07) is 10.5. The van der Waals surface area contributed by atoms with E-state index < -0.39 is 24.1 Å². The summed E-state index contributed by atoms with van der Waals surface area (Å²) in [5.74, 6) is -4.24. The number of aryl methyl sites for hydroxylation is 1. The van der Waals surface area contributed by atoms with Crippen LogP contribution in [0.15, 0.2) is 42.5 Å². The standard InChI is InChI=1S/C26H31F3O2/c27-23-15-16-24(20-8-4-2-1-3-5-9-20)21(17-23)18-26(28,29)22-13-11-19(12-14-22)7-6-10-25(30)31/h11-17,20H,1-10,18H2,(H,30,31). The smallest absolute Gasteiger partial charge is 0.303 e. The van der Waals surface area contributed by atoms with Crippen LogP contribution in [0, 0.1) is 5.82 Å². The molecule has 1 N–H and O–H groups in total. The van der Waals surface area contributed by atoms with Crippen LogP contribution >= 0.6 is 0 Å². The van der Waals surface area contributed by atoms with Gasteiger partial charge in [-0.1, -0.05) is 62.4 Å². The molecular formula is C26H31F3O2. The summed E-state index contributed by atoms with van der Waals surface area (Å²) in [4.78, 5) is 10.6. The largest absolute Gasteiger partial charge is 0.481 e. The molecule has 0 bridgehead atoms. The van der Waals surface area contributed by atoms with Crippen molar-refractivity contribution in [2.24, 2.45) is 0 Å². The molecule has 0 aliphatic heterocycles. The fraction of sp³-hybridized carbons (Fsp3) is 0.500. The first kappa shape index (κ1) is 23.4. The zero-order chi connectivity index (χ0) is 22.3. The van der Waals surface area contributed by atoms with Gasteiger partial charge in [-0.2, -0.15) is 0 Å². The molecule has 1 fully saturated rings. The average Bonchev–Trinajstić information content (AvgIpc) is 2.68. The van der Waals surface area contributed by atoms with Crippen LogP contribution in [-0.4, -0.2) is 11.1 Å². The average molecular weight is 433 g/mol. The molecule has 1 aliphatic carbocycles. The van der Waals surface area contributed by atoms with Crippen LogP contribution in [0.1, 0.15) is 86.0 Å². The van der Waals surface area contributed by atoms with Crippen LogP contribution in [0.2, 0.25) is 0 Å². The minimum absolute atomic E-state index is 0.0570. The van der Waals surface area contributed by atoms with E-state index >= 15 is 8.78 Å². The van der Waals surface area contributed by atoms with E-state index in [9.17, 15) is 9.18 Å². The van der Waals surface area contributed by atoms with Gasteiger partial charge in [0, 0.05) is 18.4 Å². The van der Waals surface area contributed by atoms with Gasteiger partial charge in [-0.05, 0) is 60.4 Å². The van der Waals surface area contributed by atoms with Crippen molar-refractivity contribution in [1.82, 2.24) is 0 Å². The minimum atomic E-state index is -3.11. The number of hydrogen-bond donors (Lipinski definition) is 1. The summed E-state index contributed by atoms with van der Waals surface area (Å²) >= 11 is 0. The lowest BCUT2D eigenvalue weighted by Gasteiger charge is -2.25. The Morgan fingerprint density at radius 3 is 2.26 bits per heavy atom. The van der Waals surface area contributed by atoms with Crippen molar-refractivity contribution in [2.45, 2.75) is 82.5 Å². The maximum absolute atomic E-state index is 15.2. The Balaban J connectivity index is 1.75. The molecule has 0 radical (unpaired) electrons. The van der Waals surface area contributed by atoms with Crippen LogP contribution in [0.5, 0.6) is 0 Å². The molecule has 1 aliphatic rings. The topological polar surface area (TPSA) is 37.3 Å². The van der Waals surface area contributed by atoms with Gasteiger partial charge in [-0.3, -0.25) is 4.79 Å². The molecule has 2 aromatic carbocycles. The fourth-order valence-electron chi connectivity index (χ4n) is 4.59. The van der Waals surface area contributed by atoms with E-state index in [4.69, 9.17) is 5.11 Å². The normalized spacial score (nSPS) is 16.0. The Hall–Kier alpha value is -2.30. The highest BCUT2D eigenvalue weighted by molar-refractivity contribution is 5.66. The molecule has 1 saturated carbocycles. The van der Waals surface area contributed by atoms with Crippen molar-refractivity contribution in [3.63, 3.8) is 0 Å². The Bertz CT molecular complexity index is 853. The summed E-state index contributed by atoms with van der Waals surface area (Å²) < 4.78 is 44.3. The molecule has 0 heterocycles. The number of alkyl halides is 2. The Morgan fingerprint density at radius 2 is 1.61 bits per heavy atom. The molecule has 0 amide bonds. The Labute approximate surface area is 182 Å². The number of halogens is 3. The molecular weight excluding hydrogens is 401 g/mol. The summed E-state index contributed by atoms with van der Waals surface area (Å²) in [5, 5.41) is 8.72. The molecule has 2 aromatic rings. The van der Waals surface area contributed by atoms with Crippen molar-refractivity contribution in [1.29, 1.82) is 0 Å². The second-order valence-electron chi connectivity index (χ2n) is 8.71. The van der Waals surface area contributed by atoms with Gasteiger partial charge in [0.15, 0.2) is 0 Å². The lowest BCUT2D eigenvalue weighted by molar-refractivity contribution is -0.137. The first-order valence-corrected chi connectivity index (χ1v) is 11.3. The second kappa shape index (κ2) is 10.8. The second-order valence-corrected chi connectivity index (χ2v) is 8.71. The first-order chi connectivity index (χ1) is 14.8. The molecule has 31 heavy (non-hydrogen) atoms. The van der Waals surface area contributed by atoms with E-state index in [0.29, 0.717) is 18.4 Å². The predicted molar refractivity (Wildman–Crippen MR) is 116 cm³/mol. The molecule has 0 spiro atoms. The zero-order valence-electron chi connectivity index (χ0n) is 17.9. The summed E-state index contributed by atoms with van der Waals surface area (Å²) in [6.07, 6.45) is 8.22. The maximum Gasteiger partial charge on any atom is 0.303 e. The number of carboxylic acids is 1. The highest BCUT2D eigenvalue weighted by Crippen LogP contribution is 2.38. The zero-order valence-corrected chi connectivity index (χ0v) is 17.9. The monoisotopic (exact) mass is 432 g/mol. The third-order valence-corrected chi connectivity index (χ3v) is 6.29. The number of carbonyl (C=O) groups is 1. The molecule has 0 unspecified atom stereocenters. The van der Waals surface area contributed by atoms with Crippen LogP contribution in [0.4, 0.5) is 13.2 Å². The van der Waals surface area contributed by atoms with Gasteiger partial charge >= 0.3 is 5.97 Å². The van der Waals surface area contributed by atoms with Crippen molar-refractivity contribution >= 4 is 5.97 Å². The third kappa shape index (κ3) is 6.84. The quantitative estimate of drug-likeness (QED) is 0.472. The Morgan fingerprint density at radius 1 is 0.968 bits per heavy atom. The van der Waals surface area contributed by atoms with Crippen molar-refractivity contribution in [3.8, 4) is 0 Å². The van der Waals surface area contributed by atoms with Gasteiger partial charge in [0.2, 0.25) is 0 Å². The van der Waals surface area contributed by atoms with Gasteiger partial charge in [-0.25, -0.2) is 13.2 Å². The first-order valence-electron chi connectivity index (χ1n) is 11.3. The van der Waals surface area contributed by atoms with Crippen LogP contribution < -0.4 is 0 Å². The lowest BCUT2D eigenvalue weighted by atomic mass is 9.82. The fourth-order valence-corrected chi connectivity index (χ4v) is 4.59. The minimum Gasteiger partial charge on any atom is -0.481 e. The predicted octanol–water partition coefficient (Wildman–Crippen LogP) is 7.40. The van der Waals surface area contributed by atoms with Gasteiger partial charge in [0.25, 0.3) is 5.92 Å². The van der Waals surface area contributed by atoms with E-state index in [1.54, 1.807) is 18.2 Å². The van der Waals surface area contributed by atoms with Crippen molar-refractivity contribution < 1.29 is 23.1 Å². The maximum atomic E-state index is 15.2. The van der Waals surface area contributed by atoms with Gasteiger partial charge in [0.1, 0.15) is 5.82 Å². The van der Waals surface area contributed by atoms with Gasteiger partial charge in [0.05, 0.1) is 0 Å². The number of aliphatic carboxylic acids is 1. The highest BCUT2D eigenvalue weighted by atomic mass is 19.3. The molecule has 168 valence electrons. The molecule has 0 atom stereocenters. The van der Waals surface area contributed by atoms with E-state index in [0.717, 1.165) is 36.8 Å². The number of rotatable bonds is 8. The van der Waals surface area contributed by atoms with E-state index in [1.807, 2.05) is 0 Å². The van der Waals surface area contributed by atoms with E-state index in [1.165, 1.54) is 43.5 Å². The van der Waals surface area contributed by atoms with E-state index in [-0.39, 0.29) is 17.9 Å². The molecule has 0 aromatic heterocycles. The Kier molecular flexibility index (Phi) is 8.16. The van der Waals surface area contributed by atoms with E-state index in [2.05, 4.69) is 0 Å². The number of hydrogen-bond acceptors (Lipinski definition) is 1. The number of benzene rings is 2. The molecule has 3 rings (SSSR count).